The van der Waals surface area contributed by atoms with Crippen LogP contribution in [-0.4, -0.2) is 33.4 Å². The zero-order valence-electron chi connectivity index (χ0n) is 16.7. The molecule has 0 aliphatic heterocycles. The quantitative estimate of drug-likeness (QED) is 0.394. The Labute approximate surface area is 170 Å². The molecule has 0 radical (unpaired) electrons. The van der Waals surface area contributed by atoms with E-state index in [0.717, 1.165) is 34.3 Å². The second-order valence-electron chi connectivity index (χ2n) is 6.76. The fourth-order valence-corrected chi connectivity index (χ4v) is 3.88. The molecule has 3 aromatic rings. The molecule has 0 bridgehead atoms. The van der Waals surface area contributed by atoms with Crippen LogP contribution < -0.4 is 4.74 Å². The molecule has 6 heteroatoms. The van der Waals surface area contributed by atoms with Crippen LogP contribution in [0.4, 0.5) is 0 Å². The monoisotopic (exact) mass is 395 g/mol. The lowest BCUT2D eigenvalue weighted by Gasteiger charge is -2.14. The molecule has 5 nitrogen and oxygen atoms in total. The second kappa shape index (κ2) is 9.06. The average molecular weight is 396 g/mol. The Morgan fingerprint density at radius 1 is 1.07 bits per heavy atom. The van der Waals surface area contributed by atoms with Crippen molar-refractivity contribution in [1.82, 2.24) is 14.8 Å². The number of ketones is 1. The average Bonchev–Trinajstić information content (AvgIpc) is 3.16. The summed E-state index contributed by atoms with van der Waals surface area (Å²) in [7, 11) is 1.65. The van der Waals surface area contributed by atoms with Crippen LogP contribution in [0.3, 0.4) is 0 Å². The van der Waals surface area contributed by atoms with Crippen molar-refractivity contribution in [1.29, 1.82) is 0 Å². The first-order valence-corrected chi connectivity index (χ1v) is 10.4. The van der Waals surface area contributed by atoms with E-state index >= 15 is 0 Å². The van der Waals surface area contributed by atoms with Gasteiger partial charge in [0.05, 0.1) is 12.9 Å². The van der Waals surface area contributed by atoms with Crippen LogP contribution in [0.1, 0.15) is 42.7 Å². The molecule has 0 amide bonds. The third-order valence-corrected chi connectivity index (χ3v) is 5.49. The van der Waals surface area contributed by atoms with Crippen molar-refractivity contribution < 1.29 is 9.53 Å². The minimum atomic E-state index is 0.0944. The predicted molar refractivity (Wildman–Crippen MR) is 113 cm³/mol. The summed E-state index contributed by atoms with van der Waals surface area (Å²) in [5.74, 6) is 2.02. The summed E-state index contributed by atoms with van der Waals surface area (Å²) < 4.78 is 7.29. The smallest absolute Gasteiger partial charge is 0.192 e. The van der Waals surface area contributed by atoms with Crippen LogP contribution in [-0.2, 0) is 6.42 Å². The molecule has 0 unspecified atom stereocenters. The summed E-state index contributed by atoms with van der Waals surface area (Å²) in [4.78, 5) is 12.6. The van der Waals surface area contributed by atoms with Crippen LogP contribution in [0.15, 0.2) is 53.7 Å². The SMILES string of the molecule is CCc1ccc(C(=O)CSc2nnc(-c3ccc(OC)cc3)n2C(C)C)cc1. The van der Waals surface area contributed by atoms with Gasteiger partial charge in [0, 0.05) is 17.2 Å². The molecule has 0 atom stereocenters. The highest BCUT2D eigenvalue weighted by Gasteiger charge is 2.18. The van der Waals surface area contributed by atoms with Crippen molar-refractivity contribution in [3.63, 3.8) is 0 Å². The first-order valence-electron chi connectivity index (χ1n) is 9.37. The van der Waals surface area contributed by atoms with E-state index in [1.54, 1.807) is 7.11 Å². The number of nitrogens with zero attached hydrogens (tertiary/aromatic N) is 3. The molecule has 1 heterocycles. The highest BCUT2D eigenvalue weighted by atomic mass is 32.2. The minimum absolute atomic E-state index is 0.0944. The van der Waals surface area contributed by atoms with Crippen LogP contribution in [0.25, 0.3) is 11.4 Å². The Hall–Kier alpha value is -2.60. The Morgan fingerprint density at radius 2 is 1.75 bits per heavy atom. The molecular weight excluding hydrogens is 370 g/mol. The lowest BCUT2D eigenvalue weighted by Crippen LogP contribution is -2.08. The van der Waals surface area contributed by atoms with Crippen molar-refractivity contribution in [2.45, 2.75) is 38.4 Å². The number of aromatic nitrogens is 3. The van der Waals surface area contributed by atoms with Crippen LogP contribution >= 0.6 is 11.8 Å². The van der Waals surface area contributed by atoms with Gasteiger partial charge in [-0.1, -0.05) is 43.0 Å². The Kier molecular flexibility index (Phi) is 6.52. The molecule has 0 saturated heterocycles. The van der Waals surface area contributed by atoms with E-state index < -0.39 is 0 Å². The van der Waals surface area contributed by atoms with Gasteiger partial charge < -0.3 is 4.74 Å². The fourth-order valence-electron chi connectivity index (χ4n) is 2.92. The molecule has 0 spiro atoms. The molecule has 0 N–H and O–H groups in total. The number of Topliss-reactive ketones (excluding diaryl/α,β-unsaturated/α-hetero) is 1. The zero-order chi connectivity index (χ0) is 20.1. The van der Waals surface area contributed by atoms with Gasteiger partial charge in [-0.25, -0.2) is 0 Å². The number of ether oxygens (including phenoxy) is 1. The van der Waals surface area contributed by atoms with Crippen LogP contribution in [0.5, 0.6) is 5.75 Å². The van der Waals surface area contributed by atoms with E-state index in [4.69, 9.17) is 4.74 Å². The maximum absolute atomic E-state index is 12.6. The third-order valence-electron chi connectivity index (χ3n) is 4.55. The van der Waals surface area contributed by atoms with Crippen molar-refractivity contribution in [3.05, 3.63) is 59.7 Å². The van der Waals surface area contributed by atoms with Gasteiger partial charge >= 0.3 is 0 Å². The third kappa shape index (κ3) is 4.44. The fraction of sp³-hybridized carbons (Fsp3) is 0.318. The molecule has 146 valence electrons. The van der Waals surface area contributed by atoms with Crippen molar-refractivity contribution in [2.75, 3.05) is 12.9 Å². The molecule has 0 aliphatic rings. The standard InChI is InChI=1S/C22H25N3O2S/c1-5-16-6-8-17(9-7-16)20(26)14-28-22-24-23-21(25(22)15(2)3)18-10-12-19(27-4)13-11-18/h6-13,15H,5,14H2,1-4H3. The number of carbonyl (C=O) groups is 1. The topological polar surface area (TPSA) is 57.0 Å². The first-order chi connectivity index (χ1) is 13.5. The maximum atomic E-state index is 12.6. The minimum Gasteiger partial charge on any atom is -0.497 e. The second-order valence-corrected chi connectivity index (χ2v) is 7.70. The summed E-state index contributed by atoms with van der Waals surface area (Å²) in [5, 5.41) is 9.47. The van der Waals surface area contributed by atoms with Gasteiger partial charge in [0.15, 0.2) is 16.8 Å². The van der Waals surface area contributed by atoms with E-state index in [-0.39, 0.29) is 11.8 Å². The zero-order valence-corrected chi connectivity index (χ0v) is 17.5. The van der Waals surface area contributed by atoms with E-state index in [9.17, 15) is 4.79 Å². The molecule has 1 aromatic heterocycles. The Balaban J connectivity index is 1.78. The molecule has 0 fully saturated rings. The first kappa shape index (κ1) is 20.1. The van der Waals surface area contributed by atoms with Gasteiger partial charge in [-0.3, -0.25) is 9.36 Å². The largest absolute Gasteiger partial charge is 0.497 e. The highest BCUT2D eigenvalue weighted by molar-refractivity contribution is 7.99. The van der Waals surface area contributed by atoms with Gasteiger partial charge in [0.25, 0.3) is 0 Å². The molecule has 2 aromatic carbocycles. The number of rotatable bonds is 8. The number of hydrogen-bond donors (Lipinski definition) is 0. The number of hydrogen-bond acceptors (Lipinski definition) is 5. The van der Waals surface area contributed by atoms with Crippen molar-refractivity contribution >= 4 is 17.5 Å². The van der Waals surface area contributed by atoms with Crippen LogP contribution in [0, 0.1) is 0 Å². The molecule has 0 saturated carbocycles. The van der Waals surface area contributed by atoms with Gasteiger partial charge in [0.2, 0.25) is 0 Å². The Bertz CT molecular complexity index is 931. The summed E-state index contributed by atoms with van der Waals surface area (Å²) >= 11 is 1.43. The van der Waals surface area contributed by atoms with Gasteiger partial charge in [-0.05, 0) is 50.1 Å². The summed E-state index contributed by atoms with van der Waals surface area (Å²) in [6.07, 6.45) is 0.967. The number of methoxy groups -OCH3 is 1. The van der Waals surface area contributed by atoms with E-state index in [2.05, 4.69) is 35.5 Å². The summed E-state index contributed by atoms with van der Waals surface area (Å²) in [6, 6.07) is 15.7. The van der Waals surface area contributed by atoms with Gasteiger partial charge in [-0.15, -0.1) is 10.2 Å². The Morgan fingerprint density at radius 3 is 2.32 bits per heavy atom. The molecule has 28 heavy (non-hydrogen) atoms. The lowest BCUT2D eigenvalue weighted by molar-refractivity contribution is 0.102. The molecular formula is C22H25N3O2S. The maximum Gasteiger partial charge on any atom is 0.192 e. The normalized spacial score (nSPS) is 11.0. The summed E-state index contributed by atoms with van der Waals surface area (Å²) in [5.41, 5.74) is 2.93. The summed E-state index contributed by atoms with van der Waals surface area (Å²) in [6.45, 7) is 6.28. The number of thioether (sulfide) groups is 1. The van der Waals surface area contributed by atoms with E-state index in [1.165, 1.54) is 17.3 Å². The van der Waals surface area contributed by atoms with E-state index in [1.807, 2.05) is 48.5 Å². The predicted octanol–water partition coefficient (Wildman–Crippen LogP) is 5.07. The van der Waals surface area contributed by atoms with Gasteiger partial charge in [0.1, 0.15) is 5.75 Å². The lowest BCUT2D eigenvalue weighted by atomic mass is 10.1. The number of carbonyl (C=O) groups excluding carboxylic acids is 1. The molecule has 3 rings (SSSR count). The number of aryl methyl sites for hydroxylation is 1. The molecule has 0 aliphatic carbocycles. The van der Waals surface area contributed by atoms with Crippen molar-refractivity contribution in [3.8, 4) is 17.1 Å². The van der Waals surface area contributed by atoms with E-state index in [0.29, 0.717) is 5.75 Å². The highest BCUT2D eigenvalue weighted by Crippen LogP contribution is 2.29. The van der Waals surface area contributed by atoms with Crippen LogP contribution in [0.2, 0.25) is 0 Å². The van der Waals surface area contributed by atoms with Crippen molar-refractivity contribution in [2.24, 2.45) is 0 Å². The number of benzene rings is 2. The van der Waals surface area contributed by atoms with Gasteiger partial charge in [-0.2, -0.15) is 0 Å².